The van der Waals surface area contributed by atoms with Crippen molar-refractivity contribution >= 4 is 17.4 Å². The first-order chi connectivity index (χ1) is 10.6. The number of hydrogen-bond acceptors (Lipinski definition) is 2. The SMILES string of the molecule is CN(C)c1ccc(CCNC(=O)Nc2ccccc2F)cc1. The Morgan fingerprint density at radius 2 is 1.77 bits per heavy atom. The molecular formula is C17H20FN3O. The molecule has 4 nitrogen and oxygen atoms in total. The normalized spacial score (nSPS) is 10.1. The van der Waals surface area contributed by atoms with Gasteiger partial charge in [-0.3, -0.25) is 0 Å². The van der Waals surface area contributed by atoms with Gasteiger partial charge in [0.05, 0.1) is 5.69 Å². The third kappa shape index (κ3) is 4.48. The smallest absolute Gasteiger partial charge is 0.319 e. The second-order valence-corrected chi connectivity index (χ2v) is 5.17. The minimum Gasteiger partial charge on any atom is -0.378 e. The van der Waals surface area contributed by atoms with Gasteiger partial charge in [0.25, 0.3) is 0 Å². The molecule has 0 heterocycles. The summed E-state index contributed by atoms with van der Waals surface area (Å²) in [4.78, 5) is 13.7. The molecule has 0 fully saturated rings. The second kappa shape index (κ2) is 7.45. The Kier molecular flexibility index (Phi) is 5.36. The zero-order valence-corrected chi connectivity index (χ0v) is 12.8. The molecule has 0 bridgehead atoms. The van der Waals surface area contributed by atoms with Gasteiger partial charge >= 0.3 is 6.03 Å². The fourth-order valence-electron chi connectivity index (χ4n) is 2.01. The minimum absolute atomic E-state index is 0.176. The zero-order valence-electron chi connectivity index (χ0n) is 12.8. The van der Waals surface area contributed by atoms with Crippen LogP contribution in [0.5, 0.6) is 0 Å². The van der Waals surface area contributed by atoms with Crippen LogP contribution in [0.2, 0.25) is 0 Å². The summed E-state index contributed by atoms with van der Waals surface area (Å²) in [5.41, 5.74) is 2.45. The average molecular weight is 301 g/mol. The van der Waals surface area contributed by atoms with Crippen LogP contribution in [-0.2, 0) is 6.42 Å². The van der Waals surface area contributed by atoms with E-state index in [0.717, 1.165) is 17.7 Å². The van der Waals surface area contributed by atoms with E-state index in [4.69, 9.17) is 0 Å². The molecular weight excluding hydrogens is 281 g/mol. The van der Waals surface area contributed by atoms with E-state index >= 15 is 0 Å². The molecule has 22 heavy (non-hydrogen) atoms. The van der Waals surface area contributed by atoms with Gasteiger partial charge in [0, 0.05) is 26.3 Å². The van der Waals surface area contributed by atoms with E-state index in [1.807, 2.05) is 43.3 Å². The lowest BCUT2D eigenvalue weighted by molar-refractivity contribution is 0.252. The number of halogens is 1. The van der Waals surface area contributed by atoms with Crippen molar-refractivity contribution in [1.82, 2.24) is 5.32 Å². The summed E-state index contributed by atoms with van der Waals surface area (Å²) >= 11 is 0. The molecule has 2 aromatic rings. The molecule has 0 unspecified atom stereocenters. The predicted octanol–water partition coefficient (Wildman–Crippen LogP) is 3.26. The van der Waals surface area contributed by atoms with Gasteiger partial charge in [-0.25, -0.2) is 9.18 Å². The van der Waals surface area contributed by atoms with Crippen molar-refractivity contribution in [2.75, 3.05) is 30.9 Å². The van der Waals surface area contributed by atoms with Crippen molar-refractivity contribution < 1.29 is 9.18 Å². The van der Waals surface area contributed by atoms with Crippen molar-refractivity contribution in [3.8, 4) is 0 Å². The Bertz CT molecular complexity index is 626. The first-order valence-corrected chi connectivity index (χ1v) is 7.12. The summed E-state index contributed by atoms with van der Waals surface area (Å²) in [6.45, 7) is 0.488. The van der Waals surface area contributed by atoms with E-state index in [2.05, 4.69) is 10.6 Å². The third-order valence-electron chi connectivity index (χ3n) is 3.27. The molecule has 0 spiro atoms. The van der Waals surface area contributed by atoms with Gasteiger partial charge in [-0.15, -0.1) is 0 Å². The number of hydrogen-bond donors (Lipinski definition) is 2. The van der Waals surface area contributed by atoms with Crippen LogP contribution in [0.1, 0.15) is 5.56 Å². The van der Waals surface area contributed by atoms with Crippen LogP contribution < -0.4 is 15.5 Å². The number of nitrogens with zero attached hydrogens (tertiary/aromatic N) is 1. The van der Waals surface area contributed by atoms with E-state index in [1.54, 1.807) is 12.1 Å². The summed E-state index contributed by atoms with van der Waals surface area (Å²) in [7, 11) is 3.98. The standard InChI is InChI=1S/C17H20FN3O/c1-21(2)14-9-7-13(8-10-14)11-12-19-17(22)20-16-6-4-3-5-15(16)18/h3-10H,11-12H2,1-2H3,(H2,19,20,22). The molecule has 5 heteroatoms. The van der Waals surface area contributed by atoms with Gasteiger partial charge in [-0.2, -0.15) is 0 Å². The van der Waals surface area contributed by atoms with E-state index in [9.17, 15) is 9.18 Å². The Morgan fingerprint density at radius 1 is 1.09 bits per heavy atom. The van der Waals surface area contributed by atoms with Crippen LogP contribution >= 0.6 is 0 Å². The summed E-state index contributed by atoms with van der Waals surface area (Å²) in [6.07, 6.45) is 0.721. The molecule has 0 saturated carbocycles. The van der Waals surface area contributed by atoms with Crippen LogP contribution in [0.4, 0.5) is 20.6 Å². The van der Waals surface area contributed by atoms with Gasteiger partial charge in [0.2, 0.25) is 0 Å². The number of nitrogens with one attached hydrogen (secondary N) is 2. The number of rotatable bonds is 5. The topological polar surface area (TPSA) is 44.4 Å². The molecule has 0 radical (unpaired) electrons. The lowest BCUT2D eigenvalue weighted by atomic mass is 10.1. The Balaban J connectivity index is 1.78. The molecule has 0 saturated heterocycles. The van der Waals surface area contributed by atoms with Gasteiger partial charge < -0.3 is 15.5 Å². The second-order valence-electron chi connectivity index (χ2n) is 5.17. The highest BCUT2D eigenvalue weighted by Gasteiger charge is 2.05. The highest BCUT2D eigenvalue weighted by molar-refractivity contribution is 5.89. The van der Waals surface area contributed by atoms with E-state index in [1.165, 1.54) is 12.1 Å². The first-order valence-electron chi connectivity index (χ1n) is 7.12. The largest absolute Gasteiger partial charge is 0.378 e. The molecule has 2 N–H and O–H groups in total. The summed E-state index contributed by atoms with van der Waals surface area (Å²) < 4.78 is 13.4. The predicted molar refractivity (Wildman–Crippen MR) is 87.9 cm³/mol. The molecule has 0 aliphatic rings. The molecule has 116 valence electrons. The van der Waals surface area contributed by atoms with Crippen molar-refractivity contribution in [3.05, 3.63) is 59.9 Å². The lowest BCUT2D eigenvalue weighted by Gasteiger charge is -2.13. The Hall–Kier alpha value is -2.56. The maximum Gasteiger partial charge on any atom is 0.319 e. The van der Waals surface area contributed by atoms with Crippen molar-refractivity contribution in [3.63, 3.8) is 0 Å². The van der Waals surface area contributed by atoms with Gasteiger partial charge in [-0.1, -0.05) is 24.3 Å². The lowest BCUT2D eigenvalue weighted by Crippen LogP contribution is -2.30. The quantitative estimate of drug-likeness (QED) is 0.890. The Labute approximate surface area is 129 Å². The zero-order chi connectivity index (χ0) is 15.9. The molecule has 2 amide bonds. The summed E-state index contributed by atoms with van der Waals surface area (Å²) in [5, 5.41) is 5.21. The number of urea groups is 1. The number of para-hydroxylation sites is 1. The number of carbonyl (C=O) groups is 1. The molecule has 0 aliphatic heterocycles. The van der Waals surface area contributed by atoms with Gasteiger partial charge in [-0.05, 0) is 36.2 Å². The fourth-order valence-corrected chi connectivity index (χ4v) is 2.01. The minimum atomic E-state index is -0.447. The summed E-state index contributed by atoms with van der Waals surface area (Å²) in [6, 6.07) is 13.8. The van der Waals surface area contributed by atoms with Crippen LogP contribution in [0, 0.1) is 5.82 Å². The van der Waals surface area contributed by atoms with Crippen molar-refractivity contribution in [2.45, 2.75) is 6.42 Å². The van der Waals surface area contributed by atoms with Gasteiger partial charge in [0.1, 0.15) is 5.82 Å². The van der Waals surface area contributed by atoms with Crippen molar-refractivity contribution in [2.24, 2.45) is 0 Å². The summed E-state index contributed by atoms with van der Waals surface area (Å²) in [5.74, 6) is -0.447. The fraction of sp³-hybridized carbons (Fsp3) is 0.235. The average Bonchev–Trinajstić information content (AvgIpc) is 2.50. The highest BCUT2D eigenvalue weighted by Crippen LogP contribution is 2.13. The van der Waals surface area contributed by atoms with Crippen LogP contribution in [0.3, 0.4) is 0 Å². The Morgan fingerprint density at radius 3 is 2.41 bits per heavy atom. The van der Waals surface area contributed by atoms with Crippen LogP contribution in [0.15, 0.2) is 48.5 Å². The van der Waals surface area contributed by atoms with E-state index in [-0.39, 0.29) is 5.69 Å². The third-order valence-corrected chi connectivity index (χ3v) is 3.27. The molecule has 0 aliphatic carbocycles. The van der Waals surface area contributed by atoms with E-state index < -0.39 is 11.8 Å². The van der Waals surface area contributed by atoms with E-state index in [0.29, 0.717) is 6.54 Å². The first kappa shape index (κ1) is 15.8. The number of anilines is 2. The molecule has 0 atom stereocenters. The van der Waals surface area contributed by atoms with Crippen LogP contribution in [0.25, 0.3) is 0 Å². The van der Waals surface area contributed by atoms with Crippen LogP contribution in [-0.4, -0.2) is 26.7 Å². The maximum atomic E-state index is 13.4. The highest BCUT2D eigenvalue weighted by atomic mass is 19.1. The van der Waals surface area contributed by atoms with Gasteiger partial charge in [0.15, 0.2) is 0 Å². The molecule has 0 aromatic heterocycles. The number of amides is 2. The number of carbonyl (C=O) groups excluding carboxylic acids is 1. The monoisotopic (exact) mass is 301 g/mol. The number of benzene rings is 2. The maximum absolute atomic E-state index is 13.4. The molecule has 2 aromatic carbocycles. The molecule has 2 rings (SSSR count). The van der Waals surface area contributed by atoms with Crippen molar-refractivity contribution in [1.29, 1.82) is 0 Å².